The van der Waals surface area contributed by atoms with E-state index in [-0.39, 0.29) is 29.8 Å². The average molecular weight is 327 g/mol. The number of nitrogens with two attached hydrogens (primary N) is 1. The van der Waals surface area contributed by atoms with E-state index < -0.39 is 0 Å². The van der Waals surface area contributed by atoms with E-state index in [4.69, 9.17) is 5.73 Å². The molecule has 2 aliphatic rings. The molecular formula is C14H16BrFN2O. The van der Waals surface area contributed by atoms with Gasteiger partial charge in [-0.25, -0.2) is 4.39 Å². The quantitative estimate of drug-likeness (QED) is 0.862. The second-order valence-electron chi connectivity index (χ2n) is 5.46. The van der Waals surface area contributed by atoms with Crippen LogP contribution in [0.4, 0.5) is 4.39 Å². The Bertz CT molecular complexity index is 508. The summed E-state index contributed by atoms with van der Waals surface area (Å²) in [5, 5.41) is 0. The number of rotatable bonds is 1. The minimum atomic E-state index is -0.347. The highest BCUT2D eigenvalue weighted by atomic mass is 79.9. The van der Waals surface area contributed by atoms with Crippen LogP contribution in [0.3, 0.4) is 0 Å². The van der Waals surface area contributed by atoms with Gasteiger partial charge < -0.3 is 10.6 Å². The van der Waals surface area contributed by atoms with E-state index in [9.17, 15) is 9.18 Å². The van der Waals surface area contributed by atoms with Crippen LogP contribution in [0.25, 0.3) is 0 Å². The van der Waals surface area contributed by atoms with Gasteiger partial charge in [-0.15, -0.1) is 0 Å². The van der Waals surface area contributed by atoms with Gasteiger partial charge in [-0.3, -0.25) is 4.79 Å². The second kappa shape index (κ2) is 4.87. The van der Waals surface area contributed by atoms with E-state index in [1.54, 1.807) is 12.1 Å². The summed E-state index contributed by atoms with van der Waals surface area (Å²) in [6.45, 7) is 0. The van der Waals surface area contributed by atoms with Gasteiger partial charge in [0.25, 0.3) is 5.91 Å². The summed E-state index contributed by atoms with van der Waals surface area (Å²) in [7, 11) is 0. The van der Waals surface area contributed by atoms with E-state index >= 15 is 0 Å². The summed E-state index contributed by atoms with van der Waals surface area (Å²) in [4.78, 5) is 14.5. The van der Waals surface area contributed by atoms with Crippen LogP contribution in [0.1, 0.15) is 36.0 Å². The Hall–Kier alpha value is -0.940. The lowest BCUT2D eigenvalue weighted by molar-refractivity contribution is 0.0575. The van der Waals surface area contributed by atoms with Crippen molar-refractivity contribution >= 4 is 21.8 Å². The molecule has 102 valence electrons. The average Bonchev–Trinajstić information content (AvgIpc) is 2.64. The fraction of sp³-hybridized carbons (Fsp3) is 0.500. The predicted octanol–water partition coefficient (Wildman–Crippen LogP) is 2.68. The highest BCUT2D eigenvalue weighted by Crippen LogP contribution is 2.36. The Morgan fingerprint density at radius 1 is 1.32 bits per heavy atom. The molecule has 3 nitrogen and oxygen atoms in total. The van der Waals surface area contributed by atoms with Crippen molar-refractivity contribution in [1.29, 1.82) is 0 Å². The number of carbonyl (C=O) groups excluding carboxylic acids is 1. The van der Waals surface area contributed by atoms with Gasteiger partial charge in [0.15, 0.2) is 0 Å². The molecule has 0 saturated carbocycles. The smallest absolute Gasteiger partial charge is 0.254 e. The SMILES string of the molecule is NC1CC2CCC(C1)N2C(=O)c1ccc(F)c(Br)c1. The zero-order chi connectivity index (χ0) is 13.6. The highest BCUT2D eigenvalue weighted by molar-refractivity contribution is 9.10. The van der Waals surface area contributed by atoms with Crippen LogP contribution >= 0.6 is 15.9 Å². The van der Waals surface area contributed by atoms with Crippen LogP contribution in [0.2, 0.25) is 0 Å². The molecule has 3 rings (SSSR count). The lowest BCUT2D eigenvalue weighted by atomic mass is 9.97. The van der Waals surface area contributed by atoms with E-state index in [2.05, 4.69) is 15.9 Å². The van der Waals surface area contributed by atoms with Gasteiger partial charge >= 0.3 is 0 Å². The van der Waals surface area contributed by atoms with Gasteiger partial charge in [0.05, 0.1) is 4.47 Å². The first kappa shape index (κ1) is 13.1. The standard InChI is InChI=1S/C14H16BrFN2O/c15-12-5-8(1-4-13(12)16)14(19)18-10-2-3-11(18)7-9(17)6-10/h1,4-5,9-11H,2-3,6-7,17H2. The van der Waals surface area contributed by atoms with E-state index in [0.717, 1.165) is 25.7 Å². The third-order valence-electron chi connectivity index (χ3n) is 4.17. The number of carbonyl (C=O) groups is 1. The third-order valence-corrected chi connectivity index (χ3v) is 4.78. The van der Waals surface area contributed by atoms with Crippen LogP contribution < -0.4 is 5.73 Å². The maximum atomic E-state index is 13.2. The van der Waals surface area contributed by atoms with Crippen LogP contribution in [0, 0.1) is 5.82 Å². The first-order valence-electron chi connectivity index (χ1n) is 6.59. The predicted molar refractivity (Wildman–Crippen MR) is 74.3 cm³/mol. The molecule has 2 N–H and O–H groups in total. The topological polar surface area (TPSA) is 46.3 Å². The summed E-state index contributed by atoms with van der Waals surface area (Å²) in [6.07, 6.45) is 3.83. The van der Waals surface area contributed by atoms with Gasteiger partial charge in [0.2, 0.25) is 0 Å². The fourth-order valence-corrected chi connectivity index (χ4v) is 3.71. The van der Waals surface area contributed by atoms with Crippen LogP contribution in [0.5, 0.6) is 0 Å². The van der Waals surface area contributed by atoms with Crippen molar-refractivity contribution < 1.29 is 9.18 Å². The molecule has 2 saturated heterocycles. The zero-order valence-corrected chi connectivity index (χ0v) is 12.1. The summed E-state index contributed by atoms with van der Waals surface area (Å²) in [6, 6.07) is 5.16. The number of fused-ring (bicyclic) bond motifs is 2. The molecule has 19 heavy (non-hydrogen) atoms. The van der Waals surface area contributed by atoms with Crippen molar-refractivity contribution in [3.8, 4) is 0 Å². The molecule has 1 amide bonds. The lowest BCUT2D eigenvalue weighted by Crippen LogP contribution is -2.50. The fourth-order valence-electron chi connectivity index (χ4n) is 3.33. The Morgan fingerprint density at radius 3 is 2.53 bits per heavy atom. The highest BCUT2D eigenvalue weighted by Gasteiger charge is 2.42. The van der Waals surface area contributed by atoms with Gasteiger partial charge in [-0.2, -0.15) is 0 Å². The summed E-state index contributed by atoms with van der Waals surface area (Å²) >= 11 is 3.13. The van der Waals surface area contributed by atoms with Crippen LogP contribution in [0.15, 0.2) is 22.7 Å². The minimum Gasteiger partial charge on any atom is -0.333 e. The zero-order valence-electron chi connectivity index (χ0n) is 10.5. The van der Waals surface area contributed by atoms with Gasteiger partial charge in [0, 0.05) is 23.7 Å². The Labute approximate surface area is 120 Å². The molecule has 0 spiro atoms. The molecule has 2 fully saturated rings. The lowest BCUT2D eigenvalue weighted by Gasteiger charge is -2.37. The monoisotopic (exact) mass is 326 g/mol. The van der Waals surface area contributed by atoms with Crippen molar-refractivity contribution in [3.05, 3.63) is 34.1 Å². The van der Waals surface area contributed by atoms with Gasteiger partial charge in [0.1, 0.15) is 5.82 Å². The largest absolute Gasteiger partial charge is 0.333 e. The maximum absolute atomic E-state index is 13.2. The number of hydrogen-bond donors (Lipinski definition) is 1. The first-order chi connectivity index (χ1) is 9.06. The molecule has 2 bridgehead atoms. The molecule has 0 radical (unpaired) electrons. The maximum Gasteiger partial charge on any atom is 0.254 e. The molecule has 2 unspecified atom stereocenters. The number of benzene rings is 1. The van der Waals surface area contributed by atoms with Crippen molar-refractivity contribution in [3.63, 3.8) is 0 Å². The van der Waals surface area contributed by atoms with E-state index in [1.807, 2.05) is 4.90 Å². The van der Waals surface area contributed by atoms with Crippen molar-refractivity contribution in [1.82, 2.24) is 4.90 Å². The van der Waals surface area contributed by atoms with Gasteiger partial charge in [-0.1, -0.05) is 0 Å². The number of amides is 1. The van der Waals surface area contributed by atoms with Crippen molar-refractivity contribution in [2.24, 2.45) is 5.73 Å². The molecule has 5 heteroatoms. The number of halogens is 2. The molecule has 0 aromatic heterocycles. The molecule has 2 atom stereocenters. The minimum absolute atomic E-state index is 0.0000926. The van der Waals surface area contributed by atoms with Crippen molar-refractivity contribution in [2.75, 3.05) is 0 Å². The Morgan fingerprint density at radius 2 is 1.95 bits per heavy atom. The van der Waals surface area contributed by atoms with Crippen LogP contribution in [-0.4, -0.2) is 28.9 Å². The van der Waals surface area contributed by atoms with E-state index in [1.165, 1.54) is 6.07 Å². The molecule has 2 aliphatic heterocycles. The summed E-state index contributed by atoms with van der Waals surface area (Å²) in [5.74, 6) is -0.347. The molecule has 0 aliphatic carbocycles. The first-order valence-corrected chi connectivity index (χ1v) is 7.39. The molecular weight excluding hydrogens is 311 g/mol. The number of nitrogens with zero attached hydrogens (tertiary/aromatic N) is 1. The van der Waals surface area contributed by atoms with Crippen molar-refractivity contribution in [2.45, 2.75) is 43.8 Å². The normalized spacial score (nSPS) is 29.6. The van der Waals surface area contributed by atoms with Gasteiger partial charge in [-0.05, 0) is 59.8 Å². The molecule has 2 heterocycles. The number of piperidine rings is 1. The van der Waals surface area contributed by atoms with E-state index in [0.29, 0.717) is 10.0 Å². The summed E-state index contributed by atoms with van der Waals surface area (Å²) < 4.78 is 13.6. The second-order valence-corrected chi connectivity index (χ2v) is 6.31. The Balaban J connectivity index is 1.86. The molecule has 1 aromatic carbocycles. The third kappa shape index (κ3) is 2.30. The Kier molecular flexibility index (Phi) is 3.35. The van der Waals surface area contributed by atoms with Crippen LogP contribution in [-0.2, 0) is 0 Å². The number of hydrogen-bond acceptors (Lipinski definition) is 2. The summed E-state index contributed by atoms with van der Waals surface area (Å²) in [5.41, 5.74) is 6.55. The molecule has 1 aromatic rings.